The van der Waals surface area contributed by atoms with Crippen LogP contribution in [0.3, 0.4) is 0 Å². The van der Waals surface area contributed by atoms with Crippen LogP contribution in [0, 0.1) is 0 Å². The lowest BCUT2D eigenvalue weighted by Gasteiger charge is -2.13. The van der Waals surface area contributed by atoms with Crippen LogP contribution in [0.5, 0.6) is 0 Å². The van der Waals surface area contributed by atoms with Crippen molar-refractivity contribution in [2.75, 3.05) is 13.7 Å². The molecular weight excluding hydrogens is 386 g/mol. The fraction of sp³-hybridized carbons (Fsp3) is 0.318. The molecule has 0 radical (unpaired) electrons. The highest BCUT2D eigenvalue weighted by Gasteiger charge is 2.13. The number of carbonyl (C=O) groups is 3. The van der Waals surface area contributed by atoms with Gasteiger partial charge in [-0.15, -0.1) is 0 Å². The summed E-state index contributed by atoms with van der Waals surface area (Å²) in [5.41, 5.74) is 7.99. The van der Waals surface area contributed by atoms with Crippen molar-refractivity contribution in [3.8, 4) is 0 Å². The van der Waals surface area contributed by atoms with Gasteiger partial charge < -0.3 is 25.8 Å². The van der Waals surface area contributed by atoms with E-state index in [0.717, 1.165) is 11.1 Å². The number of rotatable bonds is 10. The maximum Gasteiger partial charge on any atom is 0.407 e. The molecule has 0 heterocycles. The van der Waals surface area contributed by atoms with Crippen LogP contribution in [0.25, 0.3) is 0 Å². The Labute approximate surface area is 175 Å². The number of nitrogens with one attached hydrogen (secondary N) is 2. The van der Waals surface area contributed by atoms with E-state index in [9.17, 15) is 14.4 Å². The van der Waals surface area contributed by atoms with Gasteiger partial charge >= 0.3 is 12.1 Å². The lowest BCUT2D eigenvalue weighted by Crippen LogP contribution is -2.40. The van der Waals surface area contributed by atoms with Gasteiger partial charge in [0.2, 0.25) is 5.91 Å². The topological polar surface area (TPSA) is 120 Å². The molecule has 2 amide bonds. The van der Waals surface area contributed by atoms with E-state index < -0.39 is 18.1 Å². The number of carbonyl (C=O) groups excluding carboxylic acids is 3. The molecule has 4 N–H and O–H groups in total. The average Bonchev–Trinajstić information content (AvgIpc) is 2.79. The van der Waals surface area contributed by atoms with Crippen LogP contribution in [-0.2, 0) is 27.4 Å². The molecule has 0 spiro atoms. The highest BCUT2D eigenvalue weighted by atomic mass is 16.5. The van der Waals surface area contributed by atoms with Gasteiger partial charge in [0.15, 0.2) is 0 Å². The van der Waals surface area contributed by atoms with Gasteiger partial charge in [0.1, 0.15) is 6.61 Å². The molecule has 8 heteroatoms. The molecular formula is C22H27N3O5. The molecule has 2 aromatic rings. The molecule has 8 nitrogen and oxygen atoms in total. The number of benzene rings is 2. The fourth-order valence-corrected chi connectivity index (χ4v) is 2.66. The minimum Gasteiger partial charge on any atom is -0.465 e. The zero-order chi connectivity index (χ0) is 21.8. The minimum absolute atomic E-state index is 0.200. The Hall–Kier alpha value is -3.39. The van der Waals surface area contributed by atoms with Gasteiger partial charge in [-0.1, -0.05) is 42.5 Å². The minimum atomic E-state index is -0.698. The molecule has 0 unspecified atom stereocenters. The first-order valence-electron chi connectivity index (χ1n) is 9.64. The Morgan fingerprint density at radius 1 is 1.00 bits per heavy atom. The summed E-state index contributed by atoms with van der Waals surface area (Å²) >= 11 is 0. The average molecular weight is 413 g/mol. The number of methoxy groups -OCH3 is 1. The van der Waals surface area contributed by atoms with Crippen LogP contribution < -0.4 is 16.4 Å². The lowest BCUT2D eigenvalue weighted by atomic mass is 10.1. The normalized spacial score (nSPS) is 11.3. The predicted octanol–water partition coefficient (Wildman–Crippen LogP) is 2.12. The molecule has 1 atom stereocenters. The molecule has 0 saturated carbocycles. The molecule has 2 rings (SSSR count). The van der Waals surface area contributed by atoms with Crippen LogP contribution in [0.15, 0.2) is 54.6 Å². The Balaban J connectivity index is 1.62. The van der Waals surface area contributed by atoms with Crippen molar-refractivity contribution in [1.29, 1.82) is 0 Å². The van der Waals surface area contributed by atoms with Crippen LogP contribution in [0.2, 0.25) is 0 Å². The molecule has 0 bridgehead atoms. The summed E-state index contributed by atoms with van der Waals surface area (Å²) in [6, 6.07) is 15.5. The van der Waals surface area contributed by atoms with Crippen molar-refractivity contribution < 1.29 is 23.9 Å². The molecule has 30 heavy (non-hydrogen) atoms. The second-order valence-corrected chi connectivity index (χ2v) is 6.65. The molecule has 0 aromatic heterocycles. The Kier molecular flexibility index (Phi) is 9.33. The van der Waals surface area contributed by atoms with Crippen LogP contribution in [0.1, 0.15) is 34.3 Å². The second kappa shape index (κ2) is 12.2. The van der Waals surface area contributed by atoms with Crippen LogP contribution in [0.4, 0.5) is 4.79 Å². The Morgan fingerprint density at radius 2 is 1.73 bits per heavy atom. The monoisotopic (exact) mass is 413 g/mol. The summed E-state index contributed by atoms with van der Waals surface area (Å²) < 4.78 is 9.79. The highest BCUT2D eigenvalue weighted by Crippen LogP contribution is 2.07. The number of amides is 2. The molecule has 0 aliphatic carbocycles. The second-order valence-electron chi connectivity index (χ2n) is 6.65. The van der Waals surface area contributed by atoms with Gasteiger partial charge in [0.25, 0.3) is 0 Å². The van der Waals surface area contributed by atoms with Gasteiger partial charge in [-0.25, -0.2) is 9.59 Å². The number of hydrogen-bond acceptors (Lipinski definition) is 6. The van der Waals surface area contributed by atoms with Crippen molar-refractivity contribution in [1.82, 2.24) is 10.6 Å². The van der Waals surface area contributed by atoms with Crippen molar-refractivity contribution in [2.45, 2.75) is 32.0 Å². The van der Waals surface area contributed by atoms with Crippen molar-refractivity contribution in [2.24, 2.45) is 5.73 Å². The van der Waals surface area contributed by atoms with Gasteiger partial charge in [0, 0.05) is 13.1 Å². The lowest BCUT2D eigenvalue weighted by molar-refractivity contribution is -0.122. The van der Waals surface area contributed by atoms with Crippen molar-refractivity contribution in [3.63, 3.8) is 0 Å². The number of esters is 1. The summed E-state index contributed by atoms with van der Waals surface area (Å²) in [6.07, 6.45) is 0.433. The van der Waals surface area contributed by atoms with E-state index in [1.54, 1.807) is 24.3 Å². The standard InChI is InChI=1S/C22H27N3O5/c1-29-21(27)18-10-5-9-17(13-18)14-25-20(26)19(23)11-6-12-24-22(28)30-15-16-7-3-2-4-8-16/h2-5,7-10,13,19H,6,11-12,14-15,23H2,1H3,(H,24,28)(H,25,26)/t19-/m0/s1. The number of nitrogens with two attached hydrogens (primary N) is 1. The van der Waals surface area contributed by atoms with Crippen LogP contribution in [-0.4, -0.2) is 37.7 Å². The summed E-state index contributed by atoms with van der Waals surface area (Å²) in [6.45, 7) is 0.809. The van der Waals surface area contributed by atoms with Crippen molar-refractivity contribution in [3.05, 3.63) is 71.3 Å². The van der Waals surface area contributed by atoms with E-state index in [2.05, 4.69) is 15.4 Å². The maximum absolute atomic E-state index is 12.1. The quantitative estimate of drug-likeness (QED) is 0.405. The first-order valence-corrected chi connectivity index (χ1v) is 9.64. The maximum atomic E-state index is 12.1. The third kappa shape index (κ3) is 7.92. The van der Waals surface area contributed by atoms with Gasteiger partial charge in [-0.05, 0) is 36.1 Å². The first kappa shape index (κ1) is 22.9. The van der Waals surface area contributed by atoms with Crippen LogP contribution >= 0.6 is 0 Å². The predicted molar refractivity (Wildman–Crippen MR) is 111 cm³/mol. The number of alkyl carbamates (subject to hydrolysis) is 1. The van der Waals surface area contributed by atoms with E-state index >= 15 is 0 Å². The number of hydrogen-bond donors (Lipinski definition) is 3. The summed E-state index contributed by atoms with van der Waals surface area (Å²) in [5, 5.41) is 5.38. The first-order chi connectivity index (χ1) is 14.5. The summed E-state index contributed by atoms with van der Waals surface area (Å²) in [4.78, 5) is 35.4. The zero-order valence-corrected chi connectivity index (χ0v) is 16.9. The molecule has 160 valence electrons. The zero-order valence-electron chi connectivity index (χ0n) is 16.9. The van der Waals surface area contributed by atoms with Gasteiger partial charge in [-0.3, -0.25) is 4.79 Å². The Morgan fingerprint density at radius 3 is 2.47 bits per heavy atom. The highest BCUT2D eigenvalue weighted by molar-refractivity contribution is 5.89. The third-order valence-corrected chi connectivity index (χ3v) is 4.33. The molecule has 0 aliphatic rings. The van der Waals surface area contributed by atoms with E-state index in [1.165, 1.54) is 7.11 Å². The van der Waals surface area contributed by atoms with Gasteiger partial charge in [-0.2, -0.15) is 0 Å². The molecule has 0 saturated heterocycles. The summed E-state index contributed by atoms with van der Waals surface area (Å²) in [7, 11) is 1.31. The third-order valence-electron chi connectivity index (χ3n) is 4.33. The fourth-order valence-electron chi connectivity index (χ4n) is 2.66. The van der Waals surface area contributed by atoms with E-state index in [-0.39, 0.29) is 19.1 Å². The van der Waals surface area contributed by atoms with E-state index in [0.29, 0.717) is 24.9 Å². The van der Waals surface area contributed by atoms with E-state index in [4.69, 9.17) is 10.5 Å². The summed E-state index contributed by atoms with van der Waals surface area (Å²) in [5.74, 6) is -0.736. The van der Waals surface area contributed by atoms with Crippen molar-refractivity contribution >= 4 is 18.0 Å². The molecule has 0 aliphatic heterocycles. The Bertz CT molecular complexity index is 842. The largest absolute Gasteiger partial charge is 0.465 e. The van der Waals surface area contributed by atoms with Gasteiger partial charge in [0.05, 0.1) is 18.7 Å². The smallest absolute Gasteiger partial charge is 0.407 e. The SMILES string of the molecule is COC(=O)c1cccc(CNC(=O)[C@@H](N)CCCNC(=O)OCc2ccccc2)c1. The molecule has 2 aromatic carbocycles. The molecule has 0 fully saturated rings. The van der Waals surface area contributed by atoms with E-state index in [1.807, 2.05) is 30.3 Å². The number of ether oxygens (including phenoxy) is 2.